The number of rotatable bonds is 5. The molecular weight excluding hydrogens is 326 g/mol. The first-order chi connectivity index (χ1) is 11.3. The highest BCUT2D eigenvalue weighted by atomic mass is 35.5. The van der Waals surface area contributed by atoms with Crippen LogP contribution in [0.4, 0.5) is 5.69 Å². The van der Waals surface area contributed by atoms with Gasteiger partial charge in [0.1, 0.15) is 0 Å². The summed E-state index contributed by atoms with van der Waals surface area (Å²) in [5.74, 6) is 0.625. The molecule has 1 amide bonds. The first-order valence-corrected chi connectivity index (χ1v) is 8.13. The third kappa shape index (κ3) is 4.01. The van der Waals surface area contributed by atoms with Crippen LogP contribution in [-0.4, -0.2) is 19.1 Å². The Kier molecular flexibility index (Phi) is 5.73. The van der Waals surface area contributed by atoms with Crippen LogP contribution in [0.25, 0.3) is 0 Å². The topological polar surface area (TPSA) is 47.6 Å². The molecule has 2 aromatic rings. The van der Waals surface area contributed by atoms with Gasteiger partial charge in [-0.3, -0.25) is 4.79 Å². The van der Waals surface area contributed by atoms with Crippen LogP contribution in [0.15, 0.2) is 30.3 Å². The summed E-state index contributed by atoms with van der Waals surface area (Å²) in [4.78, 5) is 12.6. The monoisotopic (exact) mass is 347 g/mol. The molecule has 0 radical (unpaired) electrons. The van der Waals surface area contributed by atoms with Gasteiger partial charge in [0.05, 0.1) is 18.2 Å². The molecule has 0 aliphatic carbocycles. The van der Waals surface area contributed by atoms with Gasteiger partial charge < -0.3 is 14.8 Å². The van der Waals surface area contributed by atoms with Gasteiger partial charge >= 0.3 is 0 Å². The van der Waals surface area contributed by atoms with Crippen LogP contribution in [0.3, 0.4) is 0 Å². The Bertz CT molecular complexity index is 757. The van der Waals surface area contributed by atoms with Crippen molar-refractivity contribution in [3.63, 3.8) is 0 Å². The summed E-state index contributed by atoms with van der Waals surface area (Å²) < 4.78 is 11.0. The fourth-order valence-corrected chi connectivity index (χ4v) is 2.54. The molecular formula is C19H22ClNO3. The summed E-state index contributed by atoms with van der Waals surface area (Å²) in [7, 11) is 1.52. The predicted octanol–water partition coefficient (Wildman–Crippen LogP) is 5.00. The molecule has 24 heavy (non-hydrogen) atoms. The van der Waals surface area contributed by atoms with Crippen LogP contribution < -0.4 is 14.8 Å². The molecule has 0 bridgehead atoms. The highest BCUT2D eigenvalue weighted by Gasteiger charge is 2.17. The summed E-state index contributed by atoms with van der Waals surface area (Å²) in [6, 6.07) is 9.00. The Balaban J connectivity index is 2.33. The second-order valence-corrected chi connectivity index (χ2v) is 6.26. The number of carbonyl (C=O) groups is 1. The number of hydrogen-bond donors (Lipinski definition) is 1. The molecule has 0 atom stereocenters. The lowest BCUT2D eigenvalue weighted by atomic mass is 10.1. The van der Waals surface area contributed by atoms with Gasteiger partial charge in [0.2, 0.25) is 0 Å². The van der Waals surface area contributed by atoms with E-state index in [9.17, 15) is 4.79 Å². The van der Waals surface area contributed by atoms with Crippen LogP contribution in [0.2, 0.25) is 5.02 Å². The highest BCUT2D eigenvalue weighted by molar-refractivity contribution is 6.32. The molecule has 0 saturated heterocycles. The molecule has 2 aromatic carbocycles. The molecule has 0 fully saturated rings. The van der Waals surface area contributed by atoms with E-state index in [2.05, 4.69) is 5.32 Å². The average molecular weight is 348 g/mol. The van der Waals surface area contributed by atoms with E-state index in [1.54, 1.807) is 12.1 Å². The van der Waals surface area contributed by atoms with Gasteiger partial charge in [0, 0.05) is 11.3 Å². The van der Waals surface area contributed by atoms with Crippen molar-refractivity contribution in [2.45, 2.75) is 33.8 Å². The van der Waals surface area contributed by atoms with E-state index in [0.29, 0.717) is 22.1 Å². The number of amides is 1. The second-order valence-electron chi connectivity index (χ2n) is 5.86. The van der Waals surface area contributed by atoms with E-state index in [4.69, 9.17) is 21.1 Å². The number of halogens is 1. The van der Waals surface area contributed by atoms with E-state index in [1.807, 2.05) is 45.9 Å². The minimum atomic E-state index is -0.250. The lowest BCUT2D eigenvalue weighted by Gasteiger charge is -2.16. The largest absolute Gasteiger partial charge is 0.493 e. The second kappa shape index (κ2) is 7.58. The summed E-state index contributed by atoms with van der Waals surface area (Å²) in [6.07, 6.45) is -0.0500. The van der Waals surface area contributed by atoms with E-state index in [1.165, 1.54) is 7.11 Å². The average Bonchev–Trinajstić information content (AvgIpc) is 2.53. The van der Waals surface area contributed by atoms with Crippen LogP contribution in [0.1, 0.15) is 35.3 Å². The minimum Gasteiger partial charge on any atom is -0.493 e. The zero-order valence-corrected chi connectivity index (χ0v) is 15.3. The van der Waals surface area contributed by atoms with Crippen molar-refractivity contribution in [1.29, 1.82) is 0 Å². The van der Waals surface area contributed by atoms with Gasteiger partial charge in [0.25, 0.3) is 5.91 Å². The first-order valence-electron chi connectivity index (χ1n) is 7.75. The molecule has 0 heterocycles. The van der Waals surface area contributed by atoms with Gasteiger partial charge in [-0.05, 0) is 57.0 Å². The Labute approximate surface area is 147 Å². The minimum absolute atomic E-state index is 0.0500. The van der Waals surface area contributed by atoms with Crippen LogP contribution in [-0.2, 0) is 0 Å². The maximum absolute atomic E-state index is 12.6. The first kappa shape index (κ1) is 18.1. The van der Waals surface area contributed by atoms with Gasteiger partial charge in [-0.2, -0.15) is 0 Å². The van der Waals surface area contributed by atoms with Crippen molar-refractivity contribution in [3.8, 4) is 11.5 Å². The normalized spacial score (nSPS) is 10.6. The van der Waals surface area contributed by atoms with Crippen molar-refractivity contribution in [1.82, 2.24) is 0 Å². The Hall–Kier alpha value is -2.20. The number of anilines is 1. The fourth-order valence-electron chi connectivity index (χ4n) is 2.28. The van der Waals surface area contributed by atoms with Crippen LogP contribution in [0, 0.1) is 13.8 Å². The molecule has 128 valence electrons. The lowest BCUT2D eigenvalue weighted by Crippen LogP contribution is -2.14. The summed E-state index contributed by atoms with van der Waals surface area (Å²) >= 11 is 6.28. The lowest BCUT2D eigenvalue weighted by molar-refractivity contribution is 0.102. The van der Waals surface area contributed by atoms with Gasteiger partial charge in [0.15, 0.2) is 11.5 Å². The molecule has 0 unspecified atom stereocenters. The Morgan fingerprint density at radius 2 is 1.92 bits per heavy atom. The molecule has 0 saturated carbocycles. The highest BCUT2D eigenvalue weighted by Crippen LogP contribution is 2.37. The van der Waals surface area contributed by atoms with Crippen molar-refractivity contribution in [2.24, 2.45) is 0 Å². The molecule has 0 aliphatic rings. The smallest absolute Gasteiger partial charge is 0.255 e. The van der Waals surface area contributed by atoms with E-state index in [0.717, 1.165) is 16.8 Å². The molecule has 2 rings (SSSR count). The molecule has 4 nitrogen and oxygen atoms in total. The van der Waals surface area contributed by atoms with E-state index >= 15 is 0 Å². The maximum atomic E-state index is 12.6. The molecule has 5 heteroatoms. The molecule has 1 N–H and O–H groups in total. The number of benzene rings is 2. The van der Waals surface area contributed by atoms with Crippen LogP contribution >= 0.6 is 11.6 Å². The number of nitrogens with one attached hydrogen (secondary N) is 1. The SMILES string of the molecule is COc1cc(C(=O)Nc2cccc(C)c2C)cc(Cl)c1OC(C)C. The fraction of sp³-hybridized carbons (Fsp3) is 0.316. The van der Waals surface area contributed by atoms with Gasteiger partial charge in [-0.15, -0.1) is 0 Å². The quantitative estimate of drug-likeness (QED) is 0.827. The number of aryl methyl sites for hydroxylation is 1. The van der Waals surface area contributed by atoms with Crippen molar-refractivity contribution in [2.75, 3.05) is 12.4 Å². The van der Waals surface area contributed by atoms with Crippen molar-refractivity contribution < 1.29 is 14.3 Å². The number of carbonyl (C=O) groups excluding carboxylic acids is 1. The summed E-state index contributed by atoms with van der Waals surface area (Å²) in [6.45, 7) is 7.77. The Morgan fingerprint density at radius 1 is 1.21 bits per heavy atom. The maximum Gasteiger partial charge on any atom is 0.255 e. The Morgan fingerprint density at radius 3 is 2.54 bits per heavy atom. The molecule has 0 spiro atoms. The number of ether oxygens (including phenoxy) is 2. The number of hydrogen-bond acceptors (Lipinski definition) is 3. The summed E-state index contributed by atoms with van der Waals surface area (Å²) in [5.41, 5.74) is 3.33. The van der Waals surface area contributed by atoms with Crippen molar-refractivity contribution in [3.05, 3.63) is 52.0 Å². The standard InChI is InChI=1S/C19H22ClNO3/c1-11(2)24-18-15(20)9-14(10-17(18)23-5)19(22)21-16-8-6-7-12(3)13(16)4/h6-11H,1-5H3,(H,21,22). The predicted molar refractivity (Wildman–Crippen MR) is 97.6 cm³/mol. The van der Waals surface area contributed by atoms with E-state index < -0.39 is 0 Å². The van der Waals surface area contributed by atoms with E-state index in [-0.39, 0.29) is 12.0 Å². The van der Waals surface area contributed by atoms with Gasteiger partial charge in [-0.25, -0.2) is 0 Å². The van der Waals surface area contributed by atoms with Crippen LogP contribution in [0.5, 0.6) is 11.5 Å². The third-order valence-corrected chi connectivity index (χ3v) is 3.98. The molecule has 0 aliphatic heterocycles. The van der Waals surface area contributed by atoms with Gasteiger partial charge in [-0.1, -0.05) is 23.7 Å². The van der Waals surface area contributed by atoms with Crippen molar-refractivity contribution >= 4 is 23.2 Å². The zero-order chi connectivity index (χ0) is 17.9. The summed E-state index contributed by atoms with van der Waals surface area (Å²) in [5, 5.41) is 3.25. The zero-order valence-electron chi connectivity index (χ0n) is 14.6. The third-order valence-electron chi connectivity index (χ3n) is 3.70. The molecule has 0 aromatic heterocycles. The number of methoxy groups -OCH3 is 1.